The molecule has 2 fully saturated rings. The number of anilines is 1. The minimum Gasteiger partial charge on any atom is -0.481 e. The van der Waals surface area contributed by atoms with Crippen molar-refractivity contribution in [3.8, 4) is 0 Å². The fourth-order valence-corrected chi connectivity index (χ4v) is 3.50. The van der Waals surface area contributed by atoms with Gasteiger partial charge in [0.25, 0.3) is 0 Å². The Balaban J connectivity index is 1.83. The first-order chi connectivity index (χ1) is 11.2. The molecule has 24 heavy (non-hydrogen) atoms. The highest BCUT2D eigenvalue weighted by Crippen LogP contribution is 2.44. The van der Waals surface area contributed by atoms with Crippen LogP contribution >= 0.6 is 11.6 Å². The van der Waals surface area contributed by atoms with Gasteiger partial charge in [0.2, 0.25) is 5.91 Å². The molecule has 2 N–H and O–H groups in total. The van der Waals surface area contributed by atoms with Crippen molar-refractivity contribution in [1.29, 1.82) is 0 Å². The molecule has 0 aliphatic carbocycles. The van der Waals surface area contributed by atoms with E-state index in [0.717, 1.165) is 18.2 Å². The molecule has 9 heteroatoms. The predicted octanol–water partition coefficient (Wildman–Crippen LogP) is 3.18. The number of aliphatic carboxylic acids is 1. The minimum atomic E-state index is -4.58. The van der Waals surface area contributed by atoms with Gasteiger partial charge in [0, 0.05) is 0 Å². The second kappa shape index (κ2) is 5.93. The lowest BCUT2D eigenvalue weighted by atomic mass is 9.78. The topological polar surface area (TPSA) is 75.6 Å². The quantitative estimate of drug-likeness (QED) is 0.865. The van der Waals surface area contributed by atoms with Gasteiger partial charge in [-0.1, -0.05) is 11.6 Å². The second-order valence-electron chi connectivity index (χ2n) is 5.86. The highest BCUT2D eigenvalue weighted by atomic mass is 35.5. The van der Waals surface area contributed by atoms with Crippen LogP contribution in [0.5, 0.6) is 0 Å². The third-order valence-electron chi connectivity index (χ3n) is 4.41. The third kappa shape index (κ3) is 2.95. The third-order valence-corrected chi connectivity index (χ3v) is 4.74. The molecule has 0 spiro atoms. The van der Waals surface area contributed by atoms with Crippen LogP contribution in [0.1, 0.15) is 18.4 Å². The summed E-state index contributed by atoms with van der Waals surface area (Å²) in [6, 6.07) is 2.56. The number of carbonyl (C=O) groups is 2. The fourth-order valence-electron chi connectivity index (χ4n) is 3.34. The number of benzene rings is 1. The number of hydrogen-bond donors (Lipinski definition) is 2. The minimum absolute atomic E-state index is 0.0627. The molecule has 0 saturated carbocycles. The maximum Gasteiger partial charge on any atom is 0.416 e. The van der Waals surface area contributed by atoms with Crippen LogP contribution in [0.2, 0.25) is 5.02 Å². The maximum atomic E-state index is 12.8. The van der Waals surface area contributed by atoms with Crippen LogP contribution in [0.25, 0.3) is 0 Å². The molecule has 2 aliphatic rings. The fraction of sp³-hybridized carbons (Fsp3) is 0.467. The van der Waals surface area contributed by atoms with Gasteiger partial charge in [0.1, 0.15) is 0 Å². The summed E-state index contributed by atoms with van der Waals surface area (Å²) in [4.78, 5) is 23.8. The number of hydrogen-bond acceptors (Lipinski definition) is 3. The Kier molecular flexibility index (Phi) is 4.21. The Bertz CT molecular complexity index is 694. The molecule has 5 nitrogen and oxygen atoms in total. The zero-order valence-corrected chi connectivity index (χ0v) is 12.9. The number of halogens is 4. The summed E-state index contributed by atoms with van der Waals surface area (Å²) in [6.45, 7) is 0. The molecule has 0 aromatic heterocycles. The molecule has 1 amide bonds. The number of amides is 1. The SMILES string of the molecule is O=C(Nc1cc(C(F)(F)F)ccc1Cl)[C@@H]1[C@H](C(=O)O)[C@H]2CC[C@H]1O2. The van der Waals surface area contributed by atoms with E-state index < -0.39 is 47.7 Å². The summed E-state index contributed by atoms with van der Waals surface area (Å²) < 4.78 is 43.8. The van der Waals surface area contributed by atoms with Crippen molar-refractivity contribution in [3.63, 3.8) is 0 Å². The summed E-state index contributed by atoms with van der Waals surface area (Å²) in [5.74, 6) is -3.81. The summed E-state index contributed by atoms with van der Waals surface area (Å²) >= 11 is 5.85. The molecule has 0 radical (unpaired) electrons. The molecular weight excluding hydrogens is 351 g/mol. The van der Waals surface area contributed by atoms with Crippen molar-refractivity contribution >= 4 is 29.2 Å². The molecule has 4 atom stereocenters. The largest absolute Gasteiger partial charge is 0.481 e. The van der Waals surface area contributed by atoms with E-state index in [2.05, 4.69) is 5.32 Å². The number of carboxylic acids is 1. The van der Waals surface area contributed by atoms with E-state index in [-0.39, 0.29) is 10.7 Å². The van der Waals surface area contributed by atoms with Gasteiger partial charge in [-0.15, -0.1) is 0 Å². The number of rotatable bonds is 3. The zero-order chi connectivity index (χ0) is 17.6. The summed E-state index contributed by atoms with van der Waals surface area (Å²) in [7, 11) is 0. The van der Waals surface area contributed by atoms with Crippen LogP contribution in [-0.4, -0.2) is 29.2 Å². The maximum absolute atomic E-state index is 12.8. The summed E-state index contributed by atoms with van der Waals surface area (Å²) in [5, 5.41) is 11.5. The van der Waals surface area contributed by atoms with Crippen LogP contribution in [0, 0.1) is 11.8 Å². The monoisotopic (exact) mass is 363 g/mol. The van der Waals surface area contributed by atoms with Crippen molar-refractivity contribution in [2.24, 2.45) is 11.8 Å². The highest BCUT2D eigenvalue weighted by molar-refractivity contribution is 6.33. The smallest absolute Gasteiger partial charge is 0.416 e. The molecule has 2 heterocycles. The molecule has 2 saturated heterocycles. The van der Waals surface area contributed by atoms with Crippen LogP contribution < -0.4 is 5.32 Å². The van der Waals surface area contributed by atoms with Crippen LogP contribution in [0.15, 0.2) is 18.2 Å². The number of carbonyl (C=O) groups excluding carboxylic acids is 1. The molecule has 0 unspecified atom stereocenters. The van der Waals surface area contributed by atoms with Gasteiger partial charge in [-0.05, 0) is 31.0 Å². The first-order valence-electron chi connectivity index (χ1n) is 7.24. The van der Waals surface area contributed by atoms with Gasteiger partial charge in [-0.3, -0.25) is 9.59 Å². The number of carboxylic acid groups (broad SMARTS) is 1. The van der Waals surface area contributed by atoms with Crippen molar-refractivity contribution < 1.29 is 32.6 Å². The van der Waals surface area contributed by atoms with E-state index in [1.165, 1.54) is 0 Å². The number of ether oxygens (including phenoxy) is 1. The van der Waals surface area contributed by atoms with Crippen molar-refractivity contribution in [1.82, 2.24) is 0 Å². The van der Waals surface area contributed by atoms with Gasteiger partial charge in [-0.2, -0.15) is 13.2 Å². The van der Waals surface area contributed by atoms with E-state index in [9.17, 15) is 27.9 Å². The van der Waals surface area contributed by atoms with Gasteiger partial charge in [-0.25, -0.2) is 0 Å². The Labute approximate surface area is 139 Å². The van der Waals surface area contributed by atoms with Crippen LogP contribution in [-0.2, 0) is 20.5 Å². The van der Waals surface area contributed by atoms with E-state index in [0.29, 0.717) is 12.8 Å². The van der Waals surface area contributed by atoms with E-state index in [1.807, 2.05) is 0 Å². The Hall–Kier alpha value is -1.80. The Morgan fingerprint density at radius 2 is 1.83 bits per heavy atom. The molecular formula is C15H13ClF3NO4. The Morgan fingerprint density at radius 1 is 1.21 bits per heavy atom. The van der Waals surface area contributed by atoms with Crippen LogP contribution in [0.3, 0.4) is 0 Å². The first kappa shape index (κ1) is 17.0. The van der Waals surface area contributed by atoms with Crippen LogP contribution in [0.4, 0.5) is 18.9 Å². The predicted molar refractivity (Wildman–Crippen MR) is 77.6 cm³/mol. The molecule has 2 bridgehead atoms. The second-order valence-corrected chi connectivity index (χ2v) is 6.27. The number of alkyl halides is 3. The average molecular weight is 364 g/mol. The van der Waals surface area contributed by atoms with E-state index >= 15 is 0 Å². The van der Waals surface area contributed by atoms with Gasteiger partial charge in [0.05, 0.1) is 40.3 Å². The lowest BCUT2D eigenvalue weighted by molar-refractivity contribution is -0.147. The molecule has 1 aromatic carbocycles. The molecule has 3 rings (SSSR count). The average Bonchev–Trinajstić information content (AvgIpc) is 3.08. The zero-order valence-electron chi connectivity index (χ0n) is 12.1. The van der Waals surface area contributed by atoms with E-state index in [4.69, 9.17) is 16.3 Å². The summed E-state index contributed by atoms with van der Waals surface area (Å²) in [5.41, 5.74) is -1.16. The molecule has 1 aromatic rings. The lowest BCUT2D eigenvalue weighted by Gasteiger charge is -2.24. The van der Waals surface area contributed by atoms with Gasteiger partial charge >= 0.3 is 12.1 Å². The molecule has 130 valence electrons. The van der Waals surface area contributed by atoms with Crippen molar-refractivity contribution in [3.05, 3.63) is 28.8 Å². The van der Waals surface area contributed by atoms with Crippen molar-refractivity contribution in [2.75, 3.05) is 5.32 Å². The number of fused-ring (bicyclic) bond motifs is 2. The standard InChI is InChI=1S/C15H13ClF3NO4/c16-7-2-1-6(15(17,18)19)5-8(7)20-13(21)11-9-3-4-10(24-9)12(11)14(22)23/h1-2,5,9-12H,3-4H2,(H,20,21)(H,22,23)/t9-,10-,11+,12-/m1/s1. The normalized spacial score (nSPS) is 28.8. The van der Waals surface area contributed by atoms with Crippen molar-refractivity contribution in [2.45, 2.75) is 31.2 Å². The van der Waals surface area contributed by atoms with E-state index in [1.54, 1.807) is 0 Å². The first-order valence-corrected chi connectivity index (χ1v) is 7.62. The molecule has 2 aliphatic heterocycles. The number of nitrogens with one attached hydrogen (secondary N) is 1. The highest BCUT2D eigenvalue weighted by Gasteiger charge is 2.55. The Morgan fingerprint density at radius 3 is 2.42 bits per heavy atom. The van der Waals surface area contributed by atoms with Gasteiger partial charge in [0.15, 0.2) is 0 Å². The van der Waals surface area contributed by atoms with Gasteiger partial charge < -0.3 is 15.2 Å². The lowest BCUT2D eigenvalue weighted by Crippen LogP contribution is -2.41. The summed E-state index contributed by atoms with van der Waals surface area (Å²) in [6.07, 6.45) is -4.57.